The fraction of sp³-hybridized carbons (Fsp3) is 0.375. The van der Waals surface area contributed by atoms with Crippen molar-refractivity contribution in [3.05, 3.63) is 28.4 Å². The van der Waals surface area contributed by atoms with Crippen LogP contribution in [0.1, 0.15) is 0 Å². The number of halogens is 2. The molecule has 88 valence electrons. The first-order valence-electron chi connectivity index (χ1n) is 4.32. The summed E-state index contributed by atoms with van der Waals surface area (Å²) in [4.78, 5) is 13.2. The molecule has 0 aromatic carbocycles. The maximum absolute atomic E-state index is 12.0. The van der Waals surface area contributed by atoms with Crippen molar-refractivity contribution in [2.45, 2.75) is 12.5 Å². The summed E-state index contributed by atoms with van der Waals surface area (Å²) < 4.78 is 23.9. The Morgan fingerprint density at radius 3 is 2.88 bits per heavy atom. The normalized spacial score (nSPS) is 12.5. The lowest BCUT2D eigenvalue weighted by Crippen LogP contribution is -2.27. The number of anilines is 1. The van der Waals surface area contributed by atoms with Gasteiger partial charge in [0.25, 0.3) is 6.43 Å². The van der Waals surface area contributed by atoms with Crippen LogP contribution in [0.2, 0.25) is 0 Å². The highest BCUT2D eigenvalue weighted by molar-refractivity contribution is 5.56. The van der Waals surface area contributed by atoms with Crippen LogP contribution in [0.3, 0.4) is 0 Å². The molecule has 1 aromatic heterocycles. The smallest absolute Gasteiger partial charge is 0.385 e. The highest BCUT2D eigenvalue weighted by Crippen LogP contribution is 2.20. The number of nitrogens with zero attached hydrogens (tertiary/aromatic N) is 2. The minimum absolute atomic E-state index is 0.00722. The largest absolute Gasteiger partial charge is 0.386 e. The zero-order chi connectivity index (χ0) is 12.1. The SMILES string of the molecule is O=[N+]([O-])c1ncccc1NCC(O)C(F)F. The molecule has 0 saturated carbocycles. The van der Waals surface area contributed by atoms with Crippen LogP contribution >= 0.6 is 0 Å². The molecular weight excluding hydrogens is 224 g/mol. The summed E-state index contributed by atoms with van der Waals surface area (Å²) in [6, 6.07) is 2.74. The van der Waals surface area contributed by atoms with Gasteiger partial charge in [0, 0.05) is 6.54 Å². The van der Waals surface area contributed by atoms with Gasteiger partial charge in [-0.3, -0.25) is 0 Å². The Bertz CT molecular complexity index is 375. The highest BCUT2D eigenvalue weighted by Gasteiger charge is 2.19. The molecule has 1 unspecified atom stereocenters. The first-order valence-corrected chi connectivity index (χ1v) is 4.32. The zero-order valence-corrected chi connectivity index (χ0v) is 8.01. The van der Waals surface area contributed by atoms with Gasteiger partial charge < -0.3 is 20.5 Å². The molecule has 1 rings (SSSR count). The molecule has 2 N–H and O–H groups in total. The maximum atomic E-state index is 12.0. The van der Waals surface area contributed by atoms with Crippen LogP contribution in [-0.4, -0.2) is 34.1 Å². The number of pyridine rings is 1. The molecule has 8 heteroatoms. The van der Waals surface area contributed by atoms with E-state index in [9.17, 15) is 18.9 Å². The van der Waals surface area contributed by atoms with Gasteiger partial charge in [-0.2, -0.15) is 0 Å². The van der Waals surface area contributed by atoms with E-state index in [1.54, 1.807) is 0 Å². The number of alkyl halides is 2. The highest BCUT2D eigenvalue weighted by atomic mass is 19.3. The number of aliphatic hydroxyl groups excluding tert-OH is 1. The molecule has 0 aliphatic rings. The van der Waals surface area contributed by atoms with E-state index in [2.05, 4.69) is 10.3 Å². The molecule has 0 spiro atoms. The van der Waals surface area contributed by atoms with Crippen LogP contribution in [0, 0.1) is 10.1 Å². The van der Waals surface area contributed by atoms with Gasteiger partial charge in [0.15, 0.2) is 0 Å². The summed E-state index contributed by atoms with van der Waals surface area (Å²) in [7, 11) is 0. The molecule has 0 saturated heterocycles. The van der Waals surface area contributed by atoms with Crippen molar-refractivity contribution in [2.24, 2.45) is 0 Å². The first kappa shape index (κ1) is 12.2. The van der Waals surface area contributed by atoms with Gasteiger partial charge in [0.05, 0.1) is 0 Å². The van der Waals surface area contributed by atoms with E-state index in [-0.39, 0.29) is 5.69 Å². The monoisotopic (exact) mass is 233 g/mol. The molecule has 1 atom stereocenters. The Labute approximate surface area is 89.1 Å². The number of rotatable bonds is 5. The summed E-state index contributed by atoms with van der Waals surface area (Å²) in [5.74, 6) is -0.469. The van der Waals surface area contributed by atoms with Crippen LogP contribution in [0.25, 0.3) is 0 Å². The third-order valence-electron chi connectivity index (χ3n) is 1.75. The Morgan fingerprint density at radius 2 is 2.31 bits per heavy atom. The lowest BCUT2D eigenvalue weighted by Gasteiger charge is -2.11. The Kier molecular flexibility index (Phi) is 4.06. The molecule has 0 radical (unpaired) electrons. The van der Waals surface area contributed by atoms with E-state index in [0.717, 1.165) is 0 Å². The molecule has 0 aliphatic heterocycles. The number of nitrogens with one attached hydrogen (secondary N) is 1. The van der Waals surface area contributed by atoms with Crippen molar-refractivity contribution in [1.29, 1.82) is 0 Å². The Hall–Kier alpha value is -1.83. The third kappa shape index (κ3) is 3.09. The molecular formula is C8H9F2N3O3. The van der Waals surface area contributed by atoms with Crippen molar-refractivity contribution in [3.8, 4) is 0 Å². The van der Waals surface area contributed by atoms with E-state index in [1.807, 2.05) is 0 Å². The van der Waals surface area contributed by atoms with E-state index < -0.39 is 29.8 Å². The lowest BCUT2D eigenvalue weighted by molar-refractivity contribution is -0.388. The molecule has 1 aromatic rings. The summed E-state index contributed by atoms with van der Waals surface area (Å²) in [5.41, 5.74) is -0.00722. The van der Waals surface area contributed by atoms with Crippen LogP contribution < -0.4 is 5.32 Å². The quantitative estimate of drug-likeness (QED) is 0.585. The maximum Gasteiger partial charge on any atom is 0.386 e. The third-order valence-corrected chi connectivity index (χ3v) is 1.75. The molecule has 0 fully saturated rings. The van der Waals surface area contributed by atoms with Gasteiger partial charge in [0.1, 0.15) is 18.0 Å². The predicted molar refractivity (Wildman–Crippen MR) is 51.4 cm³/mol. The van der Waals surface area contributed by atoms with Crippen molar-refractivity contribution >= 4 is 11.5 Å². The molecule has 0 bridgehead atoms. The Balaban J connectivity index is 2.70. The Morgan fingerprint density at radius 1 is 1.62 bits per heavy atom. The topological polar surface area (TPSA) is 88.3 Å². The fourth-order valence-corrected chi connectivity index (χ4v) is 0.984. The predicted octanol–water partition coefficient (Wildman–Crippen LogP) is 1.03. The van der Waals surface area contributed by atoms with Crippen molar-refractivity contribution in [3.63, 3.8) is 0 Å². The minimum atomic E-state index is -2.90. The van der Waals surface area contributed by atoms with Crippen LogP contribution in [0.15, 0.2) is 18.3 Å². The van der Waals surface area contributed by atoms with Crippen molar-refractivity contribution in [1.82, 2.24) is 4.98 Å². The number of aromatic nitrogens is 1. The average Bonchev–Trinajstić information content (AvgIpc) is 2.25. The zero-order valence-electron chi connectivity index (χ0n) is 8.01. The lowest BCUT2D eigenvalue weighted by atomic mass is 10.3. The van der Waals surface area contributed by atoms with Crippen molar-refractivity contribution in [2.75, 3.05) is 11.9 Å². The summed E-state index contributed by atoms with van der Waals surface area (Å²) in [5, 5.41) is 21.6. The average molecular weight is 233 g/mol. The molecule has 1 heterocycles. The molecule has 0 amide bonds. The van der Waals surface area contributed by atoms with E-state index >= 15 is 0 Å². The van der Waals surface area contributed by atoms with Crippen LogP contribution in [-0.2, 0) is 0 Å². The first-order chi connectivity index (χ1) is 7.52. The van der Waals surface area contributed by atoms with Crippen molar-refractivity contribution < 1.29 is 18.8 Å². The number of hydrogen-bond donors (Lipinski definition) is 2. The minimum Gasteiger partial charge on any atom is -0.385 e. The second-order valence-corrected chi connectivity index (χ2v) is 2.91. The van der Waals surface area contributed by atoms with E-state index in [4.69, 9.17) is 5.11 Å². The molecule has 16 heavy (non-hydrogen) atoms. The van der Waals surface area contributed by atoms with Gasteiger partial charge >= 0.3 is 5.82 Å². The fourth-order valence-electron chi connectivity index (χ4n) is 0.984. The standard InChI is InChI=1S/C8H9F2N3O3/c9-7(10)6(14)4-12-5-2-1-3-11-8(5)13(15)16/h1-3,6-7,12,14H,4H2. The number of nitro groups is 1. The van der Waals surface area contributed by atoms with Crippen LogP contribution in [0.5, 0.6) is 0 Å². The number of aliphatic hydroxyl groups is 1. The summed E-state index contributed by atoms with van der Waals surface area (Å²) >= 11 is 0. The van der Waals surface area contributed by atoms with Gasteiger partial charge in [-0.15, -0.1) is 0 Å². The van der Waals surface area contributed by atoms with Gasteiger partial charge in [0.2, 0.25) is 0 Å². The van der Waals surface area contributed by atoms with Crippen LogP contribution in [0.4, 0.5) is 20.3 Å². The molecule has 0 aliphatic carbocycles. The second kappa shape index (κ2) is 5.31. The van der Waals surface area contributed by atoms with Gasteiger partial charge in [-0.1, -0.05) is 0 Å². The molecule has 6 nitrogen and oxygen atoms in total. The second-order valence-electron chi connectivity index (χ2n) is 2.91. The van der Waals surface area contributed by atoms with Gasteiger partial charge in [-0.25, -0.2) is 8.78 Å². The van der Waals surface area contributed by atoms with E-state index in [0.29, 0.717) is 0 Å². The summed E-state index contributed by atoms with van der Waals surface area (Å²) in [6.45, 7) is -0.482. The number of hydrogen-bond acceptors (Lipinski definition) is 5. The van der Waals surface area contributed by atoms with Gasteiger partial charge in [-0.05, 0) is 22.0 Å². The summed E-state index contributed by atoms with van der Waals surface area (Å²) in [6.07, 6.45) is -3.56. The van der Waals surface area contributed by atoms with E-state index in [1.165, 1.54) is 18.3 Å².